The lowest BCUT2D eigenvalue weighted by atomic mass is 10.2. The quantitative estimate of drug-likeness (QED) is 0.473. The summed E-state index contributed by atoms with van der Waals surface area (Å²) in [5.74, 6) is -0.457. The standard InChI is InChI=1S/C13H13N3O4/c1-2-20-13(17)11-7-14-15(9-11)8-10-5-3-4-6-12(10)16(18)19/h3-7,9H,2,8H2,1H3. The third kappa shape index (κ3) is 3.00. The maximum absolute atomic E-state index is 11.5. The number of nitrogens with zero attached hydrogens (tertiary/aromatic N) is 3. The molecule has 7 heteroatoms. The van der Waals surface area contributed by atoms with E-state index in [2.05, 4.69) is 5.10 Å². The van der Waals surface area contributed by atoms with Crippen molar-refractivity contribution < 1.29 is 14.5 Å². The van der Waals surface area contributed by atoms with E-state index in [9.17, 15) is 14.9 Å². The molecule has 1 aromatic carbocycles. The molecule has 1 aromatic heterocycles. The lowest BCUT2D eigenvalue weighted by Gasteiger charge is -2.02. The third-order valence-electron chi connectivity index (χ3n) is 2.67. The van der Waals surface area contributed by atoms with E-state index in [1.165, 1.54) is 23.1 Å². The van der Waals surface area contributed by atoms with Crippen LogP contribution in [0, 0.1) is 10.1 Å². The van der Waals surface area contributed by atoms with E-state index in [1.54, 1.807) is 25.1 Å². The van der Waals surface area contributed by atoms with Gasteiger partial charge in [-0.1, -0.05) is 18.2 Å². The first-order valence-corrected chi connectivity index (χ1v) is 6.03. The molecule has 20 heavy (non-hydrogen) atoms. The fourth-order valence-electron chi connectivity index (χ4n) is 1.77. The fourth-order valence-corrected chi connectivity index (χ4v) is 1.77. The highest BCUT2D eigenvalue weighted by atomic mass is 16.6. The van der Waals surface area contributed by atoms with E-state index in [-0.39, 0.29) is 18.8 Å². The van der Waals surface area contributed by atoms with Crippen LogP contribution in [-0.4, -0.2) is 27.3 Å². The van der Waals surface area contributed by atoms with Gasteiger partial charge in [0.2, 0.25) is 0 Å². The minimum absolute atomic E-state index is 0.0284. The number of carbonyl (C=O) groups excluding carboxylic acids is 1. The number of ether oxygens (including phenoxy) is 1. The number of hydrogen-bond acceptors (Lipinski definition) is 5. The SMILES string of the molecule is CCOC(=O)c1cnn(Cc2ccccc2[N+](=O)[O-])c1. The van der Waals surface area contributed by atoms with Crippen molar-refractivity contribution in [1.29, 1.82) is 0 Å². The molecule has 0 bridgehead atoms. The Labute approximate surface area is 114 Å². The first-order valence-electron chi connectivity index (χ1n) is 6.03. The van der Waals surface area contributed by atoms with Gasteiger partial charge in [-0.2, -0.15) is 5.10 Å². The van der Waals surface area contributed by atoms with Crippen molar-refractivity contribution in [3.8, 4) is 0 Å². The summed E-state index contributed by atoms with van der Waals surface area (Å²) in [6.07, 6.45) is 2.89. The molecule has 0 spiro atoms. The predicted octanol–water partition coefficient (Wildman–Crippen LogP) is 2.02. The van der Waals surface area contributed by atoms with Crippen molar-refractivity contribution in [2.24, 2.45) is 0 Å². The van der Waals surface area contributed by atoms with Crippen molar-refractivity contribution in [3.05, 3.63) is 57.9 Å². The Bertz CT molecular complexity index is 636. The molecule has 0 aliphatic carbocycles. The third-order valence-corrected chi connectivity index (χ3v) is 2.67. The number of aromatic nitrogens is 2. The Morgan fingerprint density at radius 2 is 2.20 bits per heavy atom. The summed E-state index contributed by atoms with van der Waals surface area (Å²) in [5.41, 5.74) is 0.877. The lowest BCUT2D eigenvalue weighted by Crippen LogP contribution is -2.05. The molecule has 0 amide bonds. The Morgan fingerprint density at radius 1 is 1.45 bits per heavy atom. The highest BCUT2D eigenvalue weighted by Crippen LogP contribution is 2.18. The van der Waals surface area contributed by atoms with Gasteiger partial charge in [0.05, 0.1) is 35.4 Å². The predicted molar refractivity (Wildman–Crippen MR) is 70.4 cm³/mol. The van der Waals surface area contributed by atoms with Crippen LogP contribution in [0.15, 0.2) is 36.7 Å². The number of rotatable bonds is 5. The van der Waals surface area contributed by atoms with Gasteiger partial charge in [0.1, 0.15) is 0 Å². The molecule has 0 atom stereocenters. The topological polar surface area (TPSA) is 87.3 Å². The van der Waals surface area contributed by atoms with Crippen LogP contribution < -0.4 is 0 Å². The van der Waals surface area contributed by atoms with E-state index < -0.39 is 10.9 Å². The Balaban J connectivity index is 2.19. The zero-order valence-corrected chi connectivity index (χ0v) is 10.9. The van der Waals surface area contributed by atoms with Crippen LogP contribution in [-0.2, 0) is 11.3 Å². The summed E-state index contributed by atoms with van der Waals surface area (Å²) in [6, 6.07) is 6.42. The highest BCUT2D eigenvalue weighted by Gasteiger charge is 2.14. The van der Waals surface area contributed by atoms with Crippen molar-refractivity contribution in [2.45, 2.75) is 13.5 Å². The molecule has 7 nitrogen and oxygen atoms in total. The summed E-state index contributed by atoms with van der Waals surface area (Å²) < 4.78 is 6.32. The van der Waals surface area contributed by atoms with Crippen molar-refractivity contribution >= 4 is 11.7 Å². The van der Waals surface area contributed by atoms with E-state index in [0.717, 1.165) is 0 Å². The van der Waals surface area contributed by atoms with Crippen LogP contribution >= 0.6 is 0 Å². The molecule has 2 aromatic rings. The zero-order chi connectivity index (χ0) is 14.5. The number of nitro benzene ring substituents is 1. The number of hydrogen-bond donors (Lipinski definition) is 0. The average Bonchev–Trinajstić information content (AvgIpc) is 2.88. The first kappa shape index (κ1) is 13.7. The van der Waals surface area contributed by atoms with E-state index in [4.69, 9.17) is 4.74 Å². The normalized spacial score (nSPS) is 10.2. The number of nitro groups is 1. The van der Waals surface area contributed by atoms with Crippen LogP contribution in [0.5, 0.6) is 0 Å². The van der Waals surface area contributed by atoms with Gasteiger partial charge >= 0.3 is 5.97 Å². The summed E-state index contributed by atoms with van der Waals surface area (Å²) in [6.45, 7) is 2.22. The molecule has 0 fully saturated rings. The van der Waals surface area contributed by atoms with Crippen LogP contribution in [0.4, 0.5) is 5.69 Å². The molecular weight excluding hydrogens is 262 g/mol. The van der Waals surface area contributed by atoms with Crippen LogP contribution in [0.3, 0.4) is 0 Å². The second-order valence-electron chi connectivity index (χ2n) is 4.03. The molecule has 0 aliphatic heterocycles. The summed E-state index contributed by atoms with van der Waals surface area (Å²) in [5, 5.41) is 14.9. The molecule has 0 saturated carbocycles. The van der Waals surface area contributed by atoms with Gasteiger partial charge in [0.15, 0.2) is 0 Å². The average molecular weight is 275 g/mol. The lowest BCUT2D eigenvalue weighted by molar-refractivity contribution is -0.385. The molecule has 0 saturated heterocycles. The molecule has 104 valence electrons. The van der Waals surface area contributed by atoms with Crippen LogP contribution in [0.1, 0.15) is 22.8 Å². The van der Waals surface area contributed by atoms with Gasteiger partial charge in [0, 0.05) is 12.3 Å². The number of benzene rings is 1. The van der Waals surface area contributed by atoms with Crippen LogP contribution in [0.2, 0.25) is 0 Å². The van der Waals surface area contributed by atoms with Crippen molar-refractivity contribution in [1.82, 2.24) is 9.78 Å². The van der Waals surface area contributed by atoms with E-state index in [1.807, 2.05) is 0 Å². The first-order chi connectivity index (χ1) is 9.61. The van der Waals surface area contributed by atoms with Crippen molar-refractivity contribution in [3.63, 3.8) is 0 Å². The van der Waals surface area contributed by atoms with Crippen LogP contribution in [0.25, 0.3) is 0 Å². The smallest absolute Gasteiger partial charge is 0.341 e. The van der Waals surface area contributed by atoms with Gasteiger partial charge in [0.25, 0.3) is 5.69 Å². The van der Waals surface area contributed by atoms with Gasteiger partial charge in [-0.05, 0) is 6.92 Å². The van der Waals surface area contributed by atoms with Crippen molar-refractivity contribution in [2.75, 3.05) is 6.61 Å². The Kier molecular flexibility index (Phi) is 4.09. The fraction of sp³-hybridized carbons (Fsp3) is 0.231. The van der Waals surface area contributed by atoms with Gasteiger partial charge in [-0.25, -0.2) is 4.79 Å². The van der Waals surface area contributed by atoms with Gasteiger partial charge < -0.3 is 4.74 Å². The maximum atomic E-state index is 11.5. The molecular formula is C13H13N3O4. The molecule has 0 N–H and O–H groups in total. The Hall–Kier alpha value is -2.70. The number of carbonyl (C=O) groups is 1. The minimum Gasteiger partial charge on any atom is -0.462 e. The van der Waals surface area contributed by atoms with E-state index >= 15 is 0 Å². The summed E-state index contributed by atoms with van der Waals surface area (Å²) >= 11 is 0. The minimum atomic E-state index is -0.457. The number of esters is 1. The largest absolute Gasteiger partial charge is 0.462 e. The van der Waals surface area contributed by atoms with E-state index in [0.29, 0.717) is 11.1 Å². The summed E-state index contributed by atoms with van der Waals surface area (Å²) in [7, 11) is 0. The molecule has 2 rings (SSSR count). The molecule has 1 heterocycles. The molecule has 0 unspecified atom stereocenters. The second kappa shape index (κ2) is 5.96. The Morgan fingerprint density at radius 3 is 2.90 bits per heavy atom. The van der Waals surface area contributed by atoms with Gasteiger partial charge in [-0.15, -0.1) is 0 Å². The zero-order valence-electron chi connectivity index (χ0n) is 10.9. The highest BCUT2D eigenvalue weighted by molar-refractivity contribution is 5.88. The molecule has 0 aliphatic rings. The monoisotopic (exact) mass is 275 g/mol. The second-order valence-corrected chi connectivity index (χ2v) is 4.03. The molecule has 0 radical (unpaired) electrons. The summed E-state index contributed by atoms with van der Waals surface area (Å²) in [4.78, 5) is 22.0. The van der Waals surface area contributed by atoms with Gasteiger partial charge in [-0.3, -0.25) is 14.8 Å². The number of para-hydroxylation sites is 1. The maximum Gasteiger partial charge on any atom is 0.341 e.